The smallest absolute Gasteiger partial charge is 0.282 e. The van der Waals surface area contributed by atoms with Crippen molar-refractivity contribution in [2.24, 2.45) is 5.10 Å². The molecule has 192 valence electrons. The van der Waals surface area contributed by atoms with Crippen LogP contribution in [-0.2, 0) is 6.61 Å². The second-order valence-corrected chi connectivity index (χ2v) is 11.3. The summed E-state index contributed by atoms with van der Waals surface area (Å²) in [5, 5.41) is 5.99. The van der Waals surface area contributed by atoms with Crippen LogP contribution >= 0.6 is 61.7 Å². The Morgan fingerprint density at radius 1 is 1.11 bits per heavy atom. The van der Waals surface area contributed by atoms with Gasteiger partial charge in [-0.3, -0.25) is 4.79 Å². The van der Waals surface area contributed by atoms with E-state index in [0.29, 0.717) is 51.5 Å². The largest absolute Gasteiger partial charge is 0.490 e. The van der Waals surface area contributed by atoms with E-state index in [0.717, 1.165) is 19.2 Å². The summed E-state index contributed by atoms with van der Waals surface area (Å²) < 4.78 is 15.0. The molecule has 0 bridgehead atoms. The van der Waals surface area contributed by atoms with E-state index in [1.54, 1.807) is 24.4 Å². The number of hydrogen-bond donors (Lipinski definition) is 0. The number of benzene rings is 3. The highest BCUT2D eigenvalue weighted by Gasteiger charge is 2.15. The Morgan fingerprint density at radius 2 is 1.89 bits per heavy atom. The molecule has 0 saturated heterocycles. The summed E-state index contributed by atoms with van der Waals surface area (Å²) >= 11 is 17.8. The van der Waals surface area contributed by atoms with Crippen molar-refractivity contribution in [2.75, 3.05) is 6.61 Å². The Kier molecular flexibility index (Phi) is 9.15. The summed E-state index contributed by atoms with van der Waals surface area (Å²) in [5.41, 5.74) is 2.05. The maximum atomic E-state index is 13.3. The van der Waals surface area contributed by atoms with Crippen LogP contribution in [0.1, 0.15) is 43.6 Å². The van der Waals surface area contributed by atoms with Gasteiger partial charge in [-0.15, -0.1) is 0 Å². The van der Waals surface area contributed by atoms with E-state index in [4.69, 9.17) is 37.7 Å². The normalized spacial score (nSPS) is 11.6. The minimum Gasteiger partial charge on any atom is -0.490 e. The lowest BCUT2D eigenvalue weighted by Gasteiger charge is -2.15. The lowest BCUT2D eigenvalue weighted by molar-refractivity contribution is 0.267. The molecule has 0 aliphatic heterocycles. The second-order valence-electron chi connectivity index (χ2n) is 8.45. The van der Waals surface area contributed by atoms with Gasteiger partial charge in [0.15, 0.2) is 11.5 Å². The number of fused-ring (bicyclic) bond motifs is 1. The molecule has 0 aliphatic rings. The van der Waals surface area contributed by atoms with Crippen molar-refractivity contribution >= 4 is 78.8 Å². The van der Waals surface area contributed by atoms with E-state index >= 15 is 0 Å². The predicted octanol–water partition coefficient (Wildman–Crippen LogP) is 8.05. The Balaban J connectivity index is 1.69. The quantitative estimate of drug-likeness (QED) is 0.137. The fraction of sp³-hybridized carbons (Fsp3) is 0.222. The SMILES string of the molecule is CCOc1cc(C=Nn2c(C(C)C)nc3ccc(Br)cc3c2=O)cc(I)c1OCc1ccc(Cl)c(Cl)c1. The number of aromatic nitrogens is 2. The van der Waals surface area contributed by atoms with Gasteiger partial charge in [0, 0.05) is 10.4 Å². The molecule has 0 radical (unpaired) electrons. The minimum absolute atomic E-state index is 0.00540. The van der Waals surface area contributed by atoms with Crippen LogP contribution in [-0.4, -0.2) is 22.5 Å². The van der Waals surface area contributed by atoms with Crippen molar-refractivity contribution < 1.29 is 9.47 Å². The molecule has 3 aromatic carbocycles. The lowest BCUT2D eigenvalue weighted by atomic mass is 10.2. The first-order chi connectivity index (χ1) is 17.7. The van der Waals surface area contributed by atoms with E-state index in [9.17, 15) is 4.79 Å². The Morgan fingerprint density at radius 3 is 2.59 bits per heavy atom. The highest BCUT2D eigenvalue weighted by molar-refractivity contribution is 14.1. The molecule has 4 rings (SSSR count). The van der Waals surface area contributed by atoms with Gasteiger partial charge in [-0.05, 0) is 83.1 Å². The maximum Gasteiger partial charge on any atom is 0.282 e. The summed E-state index contributed by atoms with van der Waals surface area (Å²) in [5.74, 6) is 1.77. The van der Waals surface area contributed by atoms with E-state index in [-0.39, 0.29) is 11.5 Å². The van der Waals surface area contributed by atoms with Gasteiger partial charge in [0.2, 0.25) is 0 Å². The zero-order valence-corrected chi connectivity index (χ0v) is 25.5. The van der Waals surface area contributed by atoms with Crippen LogP contribution in [0.3, 0.4) is 0 Å². The molecule has 4 aromatic rings. The first-order valence-corrected chi connectivity index (χ1v) is 14.1. The van der Waals surface area contributed by atoms with Gasteiger partial charge in [0.05, 0.1) is 37.3 Å². The van der Waals surface area contributed by atoms with Crippen LogP contribution in [0.25, 0.3) is 10.9 Å². The van der Waals surface area contributed by atoms with Gasteiger partial charge in [0.25, 0.3) is 5.56 Å². The monoisotopic (exact) mass is 713 g/mol. The first kappa shape index (κ1) is 27.9. The van der Waals surface area contributed by atoms with Gasteiger partial charge in [-0.1, -0.05) is 59.0 Å². The fourth-order valence-electron chi connectivity index (χ4n) is 3.63. The molecular formula is C27H23BrCl2IN3O3. The van der Waals surface area contributed by atoms with Crippen molar-refractivity contribution in [3.63, 3.8) is 0 Å². The standard InChI is InChI=1S/C27H23BrCl2IN3O3/c1-4-36-24-11-17(10-22(31)25(24)37-14-16-5-7-20(29)21(30)9-16)13-32-34-26(15(2)3)33-23-8-6-18(28)12-19(23)27(34)35/h5-13,15H,4,14H2,1-3H3. The average molecular weight is 715 g/mol. The summed E-state index contributed by atoms with van der Waals surface area (Å²) in [4.78, 5) is 18.0. The van der Waals surface area contributed by atoms with Crippen LogP contribution in [0.2, 0.25) is 10.0 Å². The van der Waals surface area contributed by atoms with Gasteiger partial charge in [-0.25, -0.2) is 4.98 Å². The molecule has 37 heavy (non-hydrogen) atoms. The highest BCUT2D eigenvalue weighted by Crippen LogP contribution is 2.35. The molecule has 0 spiro atoms. The van der Waals surface area contributed by atoms with Crippen molar-refractivity contribution in [1.82, 2.24) is 9.66 Å². The molecule has 0 N–H and O–H groups in total. The van der Waals surface area contributed by atoms with Crippen LogP contribution in [0.4, 0.5) is 0 Å². The molecule has 0 atom stereocenters. The molecule has 10 heteroatoms. The van der Waals surface area contributed by atoms with E-state index in [2.05, 4.69) is 43.6 Å². The third-order valence-corrected chi connectivity index (χ3v) is 7.40. The molecule has 1 heterocycles. The number of ether oxygens (including phenoxy) is 2. The van der Waals surface area contributed by atoms with Gasteiger partial charge in [0.1, 0.15) is 12.4 Å². The molecular weight excluding hydrogens is 692 g/mol. The molecule has 6 nitrogen and oxygen atoms in total. The van der Waals surface area contributed by atoms with Crippen LogP contribution < -0.4 is 15.0 Å². The topological polar surface area (TPSA) is 65.7 Å². The Bertz CT molecular complexity index is 1560. The number of halogens is 4. The van der Waals surface area contributed by atoms with E-state index in [1.165, 1.54) is 4.68 Å². The van der Waals surface area contributed by atoms with Gasteiger partial charge in [-0.2, -0.15) is 9.78 Å². The Hall–Kier alpha value is -2.14. The molecule has 0 amide bonds. The van der Waals surface area contributed by atoms with Crippen LogP contribution in [0.5, 0.6) is 11.5 Å². The number of rotatable bonds is 8. The summed E-state index contributed by atoms with van der Waals surface area (Å²) in [6.45, 7) is 6.62. The third-order valence-electron chi connectivity index (χ3n) is 5.37. The van der Waals surface area contributed by atoms with Gasteiger partial charge < -0.3 is 9.47 Å². The average Bonchev–Trinajstić information content (AvgIpc) is 2.85. The lowest BCUT2D eigenvalue weighted by Crippen LogP contribution is -2.23. The van der Waals surface area contributed by atoms with Crippen molar-refractivity contribution in [3.8, 4) is 11.5 Å². The summed E-state index contributed by atoms with van der Waals surface area (Å²) in [7, 11) is 0. The van der Waals surface area contributed by atoms with Crippen molar-refractivity contribution in [3.05, 3.63) is 93.9 Å². The first-order valence-electron chi connectivity index (χ1n) is 11.5. The summed E-state index contributed by atoms with van der Waals surface area (Å²) in [6, 6.07) is 14.6. The van der Waals surface area contributed by atoms with E-state index < -0.39 is 0 Å². The third kappa shape index (κ3) is 6.47. The second kappa shape index (κ2) is 12.1. The van der Waals surface area contributed by atoms with Crippen molar-refractivity contribution in [1.29, 1.82) is 0 Å². The van der Waals surface area contributed by atoms with E-state index in [1.807, 2.05) is 51.1 Å². The Labute approximate surface area is 246 Å². The minimum atomic E-state index is -0.229. The van der Waals surface area contributed by atoms with Crippen LogP contribution in [0, 0.1) is 3.57 Å². The summed E-state index contributed by atoms with van der Waals surface area (Å²) in [6.07, 6.45) is 1.63. The zero-order valence-electron chi connectivity index (χ0n) is 20.3. The molecule has 0 aliphatic carbocycles. The molecule has 0 unspecified atom stereocenters. The zero-order chi connectivity index (χ0) is 26.7. The predicted molar refractivity (Wildman–Crippen MR) is 162 cm³/mol. The molecule has 1 aromatic heterocycles. The fourth-order valence-corrected chi connectivity index (χ4v) is 5.09. The number of nitrogens with zero attached hydrogens (tertiary/aromatic N) is 3. The van der Waals surface area contributed by atoms with Crippen LogP contribution in [0.15, 0.2) is 62.9 Å². The van der Waals surface area contributed by atoms with Gasteiger partial charge >= 0.3 is 0 Å². The molecule has 0 saturated carbocycles. The number of hydrogen-bond acceptors (Lipinski definition) is 5. The van der Waals surface area contributed by atoms with Crippen molar-refractivity contribution in [2.45, 2.75) is 33.3 Å². The maximum absolute atomic E-state index is 13.3. The molecule has 0 fully saturated rings. The highest BCUT2D eigenvalue weighted by atomic mass is 127.